The largest absolute Gasteiger partial charge is 0.489 e. The van der Waals surface area contributed by atoms with E-state index in [4.69, 9.17) is 16.3 Å². The van der Waals surface area contributed by atoms with E-state index in [-0.39, 0.29) is 12.4 Å². The minimum Gasteiger partial charge on any atom is -0.489 e. The quantitative estimate of drug-likeness (QED) is 0.781. The summed E-state index contributed by atoms with van der Waals surface area (Å²) < 4.78 is 18.7. The molecule has 0 saturated carbocycles. The molecule has 0 aromatic heterocycles. The van der Waals surface area contributed by atoms with E-state index in [1.165, 1.54) is 6.07 Å². The van der Waals surface area contributed by atoms with E-state index in [0.717, 1.165) is 0 Å². The van der Waals surface area contributed by atoms with Crippen LogP contribution in [-0.2, 0) is 6.61 Å². The van der Waals surface area contributed by atoms with Crippen LogP contribution >= 0.6 is 11.6 Å². The Balaban J connectivity index is 2.05. The average Bonchev–Trinajstić information content (AvgIpc) is 2.28. The molecule has 0 aliphatic carbocycles. The molecule has 0 heterocycles. The van der Waals surface area contributed by atoms with E-state index in [9.17, 15) is 4.39 Å². The maximum Gasteiger partial charge on any atom is 0.129 e. The zero-order valence-electron chi connectivity index (χ0n) is 8.49. The van der Waals surface area contributed by atoms with Gasteiger partial charge in [0.05, 0.1) is 0 Å². The predicted molar refractivity (Wildman–Crippen MR) is 62.2 cm³/mol. The van der Waals surface area contributed by atoms with Gasteiger partial charge in [0.2, 0.25) is 0 Å². The molecule has 0 unspecified atom stereocenters. The zero-order valence-corrected chi connectivity index (χ0v) is 9.25. The summed E-state index contributed by atoms with van der Waals surface area (Å²) in [7, 11) is 0. The molecule has 1 nitrogen and oxygen atoms in total. The Kier molecular flexibility index (Phi) is 3.42. The highest BCUT2D eigenvalue weighted by Gasteiger charge is 2.01. The smallest absolute Gasteiger partial charge is 0.129 e. The third-order valence-corrected chi connectivity index (χ3v) is 2.38. The number of halogens is 2. The van der Waals surface area contributed by atoms with Gasteiger partial charge in [-0.2, -0.15) is 0 Å². The Labute approximate surface area is 98.4 Å². The molecule has 0 radical (unpaired) electrons. The van der Waals surface area contributed by atoms with Crippen molar-refractivity contribution in [2.24, 2.45) is 0 Å². The van der Waals surface area contributed by atoms with Gasteiger partial charge in [-0.25, -0.2) is 4.39 Å². The van der Waals surface area contributed by atoms with Crippen molar-refractivity contribution in [3.8, 4) is 5.75 Å². The Hall–Kier alpha value is -1.54. The topological polar surface area (TPSA) is 9.23 Å². The molecule has 0 bridgehead atoms. The molecule has 0 aliphatic heterocycles. The molecule has 2 aromatic rings. The molecule has 3 heteroatoms. The predicted octanol–water partition coefficient (Wildman–Crippen LogP) is 4.06. The summed E-state index contributed by atoms with van der Waals surface area (Å²) in [5.74, 6) is 0.375. The molecule has 0 atom stereocenters. The summed E-state index contributed by atoms with van der Waals surface area (Å²) >= 11 is 5.80. The molecule has 2 aromatic carbocycles. The van der Waals surface area contributed by atoms with Crippen molar-refractivity contribution in [1.82, 2.24) is 0 Å². The van der Waals surface area contributed by atoms with Gasteiger partial charge in [0.15, 0.2) is 0 Å². The SMILES string of the molecule is Fc1ccccc1COc1cccc(Cl)c1. The molecular weight excluding hydrogens is 227 g/mol. The summed E-state index contributed by atoms with van der Waals surface area (Å²) in [5, 5.41) is 0.603. The van der Waals surface area contributed by atoms with Crippen molar-refractivity contribution >= 4 is 11.6 Å². The van der Waals surface area contributed by atoms with Crippen molar-refractivity contribution in [1.29, 1.82) is 0 Å². The molecule has 0 aliphatic rings. The van der Waals surface area contributed by atoms with Gasteiger partial charge in [-0.15, -0.1) is 0 Å². The van der Waals surface area contributed by atoms with Crippen molar-refractivity contribution < 1.29 is 9.13 Å². The standard InChI is InChI=1S/C13H10ClFO/c14-11-5-3-6-12(8-11)16-9-10-4-1-2-7-13(10)15/h1-8H,9H2. The number of hydrogen-bond acceptors (Lipinski definition) is 1. The summed E-state index contributed by atoms with van der Waals surface area (Å²) in [6.45, 7) is 0.201. The van der Waals surface area contributed by atoms with Crippen molar-refractivity contribution in [3.05, 3.63) is 64.9 Å². The normalized spacial score (nSPS) is 10.1. The van der Waals surface area contributed by atoms with Gasteiger partial charge >= 0.3 is 0 Å². The fraction of sp³-hybridized carbons (Fsp3) is 0.0769. The van der Waals surface area contributed by atoms with E-state index < -0.39 is 0 Å². The van der Waals surface area contributed by atoms with Gasteiger partial charge in [-0.05, 0) is 24.3 Å². The number of rotatable bonds is 3. The van der Waals surface area contributed by atoms with Crippen LogP contribution in [0.1, 0.15) is 5.56 Å². The van der Waals surface area contributed by atoms with Crippen LogP contribution < -0.4 is 4.74 Å². The van der Waals surface area contributed by atoms with Crippen LogP contribution in [0.25, 0.3) is 0 Å². The fourth-order valence-electron chi connectivity index (χ4n) is 1.33. The Morgan fingerprint density at radius 1 is 1.06 bits per heavy atom. The summed E-state index contributed by atoms with van der Waals surface area (Å²) in [6.07, 6.45) is 0. The van der Waals surface area contributed by atoms with Crippen molar-refractivity contribution in [3.63, 3.8) is 0 Å². The summed E-state index contributed by atoms with van der Waals surface area (Å²) in [6, 6.07) is 13.6. The number of ether oxygens (including phenoxy) is 1. The summed E-state index contributed by atoms with van der Waals surface area (Å²) in [5.41, 5.74) is 0.530. The van der Waals surface area contributed by atoms with Gasteiger partial charge in [0, 0.05) is 10.6 Å². The first kappa shape index (κ1) is 11.0. The zero-order chi connectivity index (χ0) is 11.4. The van der Waals surface area contributed by atoms with Crippen LogP contribution in [0, 0.1) is 5.82 Å². The average molecular weight is 237 g/mol. The molecule has 0 saturated heterocycles. The second-order valence-electron chi connectivity index (χ2n) is 3.34. The maximum absolute atomic E-state index is 13.3. The van der Waals surface area contributed by atoms with Gasteiger partial charge in [-0.1, -0.05) is 35.9 Å². The van der Waals surface area contributed by atoms with Gasteiger partial charge in [-0.3, -0.25) is 0 Å². The molecule has 0 fully saturated rings. The van der Waals surface area contributed by atoms with Crippen LogP contribution in [0.4, 0.5) is 4.39 Å². The monoisotopic (exact) mass is 236 g/mol. The first-order valence-electron chi connectivity index (χ1n) is 4.87. The molecular formula is C13H10ClFO. The number of hydrogen-bond donors (Lipinski definition) is 0. The van der Waals surface area contributed by atoms with E-state index in [1.54, 1.807) is 42.5 Å². The van der Waals surface area contributed by atoms with Gasteiger partial charge < -0.3 is 4.74 Å². The van der Waals surface area contributed by atoms with Crippen LogP contribution in [0.15, 0.2) is 48.5 Å². The third-order valence-electron chi connectivity index (χ3n) is 2.15. The first-order valence-corrected chi connectivity index (χ1v) is 5.25. The summed E-state index contributed by atoms with van der Waals surface area (Å²) in [4.78, 5) is 0. The van der Waals surface area contributed by atoms with E-state index in [1.807, 2.05) is 0 Å². The minimum atomic E-state index is -0.260. The molecule has 0 spiro atoms. The number of benzene rings is 2. The highest BCUT2D eigenvalue weighted by atomic mass is 35.5. The van der Waals surface area contributed by atoms with Gasteiger partial charge in [0.1, 0.15) is 18.2 Å². The van der Waals surface area contributed by atoms with E-state index in [0.29, 0.717) is 16.3 Å². The lowest BCUT2D eigenvalue weighted by Gasteiger charge is -2.07. The van der Waals surface area contributed by atoms with Gasteiger partial charge in [0.25, 0.3) is 0 Å². The molecule has 82 valence electrons. The molecule has 0 N–H and O–H groups in total. The first-order chi connectivity index (χ1) is 7.75. The van der Waals surface area contributed by atoms with Crippen molar-refractivity contribution in [2.45, 2.75) is 6.61 Å². The second kappa shape index (κ2) is 4.99. The molecule has 0 amide bonds. The van der Waals surface area contributed by atoms with Crippen LogP contribution in [0.5, 0.6) is 5.75 Å². The Bertz CT molecular complexity index is 485. The Morgan fingerprint density at radius 3 is 2.62 bits per heavy atom. The van der Waals surface area contributed by atoms with Crippen molar-refractivity contribution in [2.75, 3.05) is 0 Å². The lowest BCUT2D eigenvalue weighted by Crippen LogP contribution is -1.97. The highest BCUT2D eigenvalue weighted by Crippen LogP contribution is 2.18. The lowest BCUT2D eigenvalue weighted by molar-refractivity contribution is 0.300. The van der Waals surface area contributed by atoms with Crippen LogP contribution in [-0.4, -0.2) is 0 Å². The van der Waals surface area contributed by atoms with E-state index in [2.05, 4.69) is 0 Å². The molecule has 16 heavy (non-hydrogen) atoms. The fourth-order valence-corrected chi connectivity index (χ4v) is 1.51. The lowest BCUT2D eigenvalue weighted by atomic mass is 10.2. The second-order valence-corrected chi connectivity index (χ2v) is 3.77. The minimum absolute atomic E-state index is 0.201. The maximum atomic E-state index is 13.3. The third kappa shape index (κ3) is 2.74. The van der Waals surface area contributed by atoms with E-state index >= 15 is 0 Å². The molecule has 2 rings (SSSR count). The van der Waals surface area contributed by atoms with Crippen LogP contribution in [0.3, 0.4) is 0 Å². The highest BCUT2D eigenvalue weighted by molar-refractivity contribution is 6.30. The van der Waals surface area contributed by atoms with Crippen LogP contribution in [0.2, 0.25) is 5.02 Å². The Morgan fingerprint density at radius 2 is 1.88 bits per heavy atom.